The van der Waals surface area contributed by atoms with Crippen LogP contribution in [-0.4, -0.2) is 48.4 Å². The number of aryl methyl sites for hydroxylation is 1. The van der Waals surface area contributed by atoms with E-state index in [2.05, 4.69) is 30.7 Å². The molecular formula is C23H22F3N7O3. The molecule has 3 aromatic heterocycles. The van der Waals surface area contributed by atoms with Gasteiger partial charge in [-0.3, -0.25) is 14.8 Å². The first kappa shape index (κ1) is 23.7. The maximum atomic E-state index is 14.1. The van der Waals surface area contributed by atoms with E-state index < -0.39 is 29.6 Å². The first-order valence-electron chi connectivity index (χ1n) is 11.2. The molecule has 0 aromatic carbocycles. The standard InChI is InChI=1S/C23H22F3N7O3/c1-11(15-3-14(24)9-27-18(15)25)36-22(35)32-20-16(10-30-33(20)2)19-28-7-13(8-29-19)21(34)31-17-6-23(26)4-12(17)5-23/h3,7-12,17H,4-6H2,1-2H3,(H,31,34)(H,32,35)/t11-,12?,17+,23?/m1/s1. The number of nitrogens with zero attached hydrogens (tertiary/aromatic N) is 5. The van der Waals surface area contributed by atoms with E-state index in [-0.39, 0.29) is 40.6 Å². The number of hydrogen-bond donors (Lipinski definition) is 2. The van der Waals surface area contributed by atoms with Crippen LogP contribution in [0.15, 0.2) is 30.9 Å². The van der Waals surface area contributed by atoms with E-state index in [1.807, 2.05) is 0 Å². The number of amides is 2. The number of rotatable bonds is 6. The van der Waals surface area contributed by atoms with Crippen LogP contribution in [0.1, 0.15) is 48.2 Å². The van der Waals surface area contributed by atoms with Gasteiger partial charge in [0, 0.05) is 31.9 Å². The van der Waals surface area contributed by atoms with Gasteiger partial charge in [-0.15, -0.1) is 0 Å². The van der Waals surface area contributed by atoms with Crippen molar-refractivity contribution in [1.82, 2.24) is 30.0 Å². The minimum Gasteiger partial charge on any atom is -0.441 e. The predicted octanol–water partition coefficient (Wildman–Crippen LogP) is 3.48. The van der Waals surface area contributed by atoms with Gasteiger partial charge in [-0.1, -0.05) is 0 Å². The van der Waals surface area contributed by atoms with Crippen molar-refractivity contribution in [3.63, 3.8) is 0 Å². The topological polar surface area (TPSA) is 124 Å². The number of hydrogen-bond acceptors (Lipinski definition) is 7. The highest BCUT2D eigenvalue weighted by molar-refractivity contribution is 5.94. The third-order valence-corrected chi connectivity index (χ3v) is 6.60. The fourth-order valence-corrected chi connectivity index (χ4v) is 4.72. The van der Waals surface area contributed by atoms with Crippen LogP contribution in [0.3, 0.4) is 0 Å². The van der Waals surface area contributed by atoms with Crippen LogP contribution in [0.2, 0.25) is 0 Å². The summed E-state index contributed by atoms with van der Waals surface area (Å²) in [6, 6.07) is 0.702. The minimum absolute atomic E-state index is 0.166. The van der Waals surface area contributed by atoms with Gasteiger partial charge in [-0.25, -0.2) is 28.5 Å². The molecule has 0 radical (unpaired) electrons. The van der Waals surface area contributed by atoms with Crippen LogP contribution >= 0.6 is 0 Å². The van der Waals surface area contributed by atoms with Gasteiger partial charge in [-0.05, 0) is 31.7 Å². The molecule has 36 heavy (non-hydrogen) atoms. The van der Waals surface area contributed by atoms with Crippen LogP contribution in [0.4, 0.5) is 23.8 Å². The van der Waals surface area contributed by atoms with Crippen molar-refractivity contribution < 1.29 is 27.5 Å². The number of alkyl halides is 1. The molecule has 2 amide bonds. The number of nitrogens with one attached hydrogen (secondary N) is 2. The molecule has 0 unspecified atom stereocenters. The Morgan fingerprint density at radius 1 is 1.14 bits per heavy atom. The van der Waals surface area contributed by atoms with Gasteiger partial charge >= 0.3 is 6.09 Å². The first-order chi connectivity index (χ1) is 17.1. The highest BCUT2D eigenvalue weighted by Gasteiger charge is 2.57. The monoisotopic (exact) mass is 501 g/mol. The predicted molar refractivity (Wildman–Crippen MR) is 119 cm³/mol. The number of aromatic nitrogens is 5. The first-order valence-corrected chi connectivity index (χ1v) is 11.2. The van der Waals surface area contributed by atoms with Gasteiger partial charge in [0.1, 0.15) is 23.4 Å². The molecule has 3 heterocycles. The largest absolute Gasteiger partial charge is 0.441 e. The van der Waals surface area contributed by atoms with Crippen molar-refractivity contribution in [2.75, 3.05) is 5.32 Å². The highest BCUT2D eigenvalue weighted by atomic mass is 19.1. The quantitative estimate of drug-likeness (QED) is 0.496. The van der Waals surface area contributed by atoms with Gasteiger partial charge in [0.25, 0.3) is 5.91 Å². The van der Waals surface area contributed by atoms with Gasteiger partial charge in [0.05, 0.1) is 29.1 Å². The van der Waals surface area contributed by atoms with Gasteiger partial charge in [-0.2, -0.15) is 9.49 Å². The summed E-state index contributed by atoms with van der Waals surface area (Å²) in [5.41, 5.74) is -0.811. The third-order valence-electron chi connectivity index (χ3n) is 6.60. The Kier molecular flexibility index (Phi) is 5.85. The summed E-state index contributed by atoms with van der Waals surface area (Å²) in [5.74, 6) is -1.58. The molecule has 13 heteroatoms. The lowest BCUT2D eigenvalue weighted by molar-refractivity contribution is 0.0735. The zero-order chi connectivity index (χ0) is 25.6. The molecule has 0 aliphatic heterocycles. The average Bonchev–Trinajstić information content (AvgIpc) is 3.44. The SMILES string of the molecule is C[C@@H](OC(=O)Nc1c(-c2ncc(C(=O)N[C@H]3CC4(F)CC3C4)cn2)cnn1C)c1cc(F)cnc1F. The van der Waals surface area contributed by atoms with Crippen molar-refractivity contribution in [3.8, 4) is 11.4 Å². The number of carbonyl (C=O) groups excluding carboxylic acids is 2. The van der Waals surface area contributed by atoms with Crippen LogP contribution in [0, 0.1) is 17.7 Å². The second-order valence-corrected chi connectivity index (χ2v) is 9.14. The molecular weight excluding hydrogens is 479 g/mol. The average molecular weight is 501 g/mol. The number of anilines is 1. The number of halogens is 3. The van der Waals surface area contributed by atoms with Crippen LogP contribution in [-0.2, 0) is 11.8 Å². The van der Waals surface area contributed by atoms with Crippen molar-refractivity contribution in [3.05, 3.63) is 53.7 Å². The van der Waals surface area contributed by atoms with E-state index in [0.29, 0.717) is 24.8 Å². The van der Waals surface area contributed by atoms with Crippen LogP contribution in [0.5, 0.6) is 0 Å². The fraction of sp³-hybridized carbons (Fsp3) is 0.391. The van der Waals surface area contributed by atoms with E-state index >= 15 is 0 Å². The molecule has 10 nitrogen and oxygen atoms in total. The molecule has 2 bridgehead atoms. The molecule has 2 N–H and O–H groups in total. The van der Waals surface area contributed by atoms with Crippen LogP contribution in [0.25, 0.3) is 11.4 Å². The Morgan fingerprint density at radius 3 is 2.53 bits per heavy atom. The second kappa shape index (κ2) is 8.88. The molecule has 3 aliphatic carbocycles. The smallest absolute Gasteiger partial charge is 0.413 e. The zero-order valence-corrected chi connectivity index (χ0v) is 19.3. The van der Waals surface area contributed by atoms with E-state index in [4.69, 9.17) is 4.74 Å². The third kappa shape index (κ3) is 4.48. The molecule has 0 saturated heterocycles. The summed E-state index contributed by atoms with van der Waals surface area (Å²) < 4.78 is 47.9. The van der Waals surface area contributed by atoms with Crippen molar-refractivity contribution >= 4 is 17.8 Å². The summed E-state index contributed by atoms with van der Waals surface area (Å²) in [7, 11) is 1.56. The minimum atomic E-state index is -1.14. The van der Waals surface area contributed by atoms with E-state index in [0.717, 1.165) is 12.3 Å². The Balaban J connectivity index is 1.25. The fourth-order valence-electron chi connectivity index (χ4n) is 4.72. The number of carbonyl (C=O) groups is 2. The summed E-state index contributed by atoms with van der Waals surface area (Å²) in [5, 5.41) is 9.43. The molecule has 3 aromatic rings. The summed E-state index contributed by atoms with van der Waals surface area (Å²) in [6.45, 7) is 1.37. The van der Waals surface area contributed by atoms with E-state index in [9.17, 15) is 22.8 Å². The van der Waals surface area contributed by atoms with Gasteiger partial charge in [0.2, 0.25) is 5.95 Å². The zero-order valence-electron chi connectivity index (χ0n) is 19.3. The number of ether oxygens (including phenoxy) is 1. The normalized spacial score (nSPS) is 23.0. The van der Waals surface area contributed by atoms with Crippen molar-refractivity contribution in [1.29, 1.82) is 0 Å². The molecule has 188 valence electrons. The Labute approximate surface area is 203 Å². The molecule has 0 spiro atoms. The maximum Gasteiger partial charge on any atom is 0.413 e. The summed E-state index contributed by atoms with van der Waals surface area (Å²) in [4.78, 5) is 36.7. The second-order valence-electron chi connectivity index (χ2n) is 9.14. The number of pyridine rings is 1. The Bertz CT molecular complexity index is 1320. The van der Waals surface area contributed by atoms with Gasteiger partial charge < -0.3 is 10.1 Å². The van der Waals surface area contributed by atoms with Crippen LogP contribution < -0.4 is 10.6 Å². The molecule has 3 aliphatic rings. The molecule has 6 rings (SSSR count). The van der Waals surface area contributed by atoms with Crippen molar-refractivity contribution in [2.45, 2.75) is 44.0 Å². The van der Waals surface area contributed by atoms with Crippen molar-refractivity contribution in [2.24, 2.45) is 13.0 Å². The summed E-state index contributed by atoms with van der Waals surface area (Å²) in [6.07, 6.45) is 4.01. The number of fused-ring (bicyclic) bond motifs is 1. The highest BCUT2D eigenvalue weighted by Crippen LogP contribution is 2.54. The van der Waals surface area contributed by atoms with E-state index in [1.165, 1.54) is 30.2 Å². The van der Waals surface area contributed by atoms with E-state index in [1.54, 1.807) is 7.05 Å². The molecule has 2 atom stereocenters. The Morgan fingerprint density at radius 2 is 1.86 bits per heavy atom. The van der Waals surface area contributed by atoms with Gasteiger partial charge in [0.15, 0.2) is 5.82 Å². The molecule has 3 saturated carbocycles. The summed E-state index contributed by atoms with van der Waals surface area (Å²) >= 11 is 0. The Hall–Kier alpha value is -4.03. The maximum absolute atomic E-state index is 14.1. The lowest BCUT2D eigenvalue weighted by Crippen LogP contribution is -2.37. The lowest BCUT2D eigenvalue weighted by atomic mass is 9.81. The lowest BCUT2D eigenvalue weighted by Gasteiger charge is -2.30. The molecule has 3 fully saturated rings.